The van der Waals surface area contributed by atoms with Crippen LogP contribution in [0.25, 0.3) is 22.5 Å². The monoisotopic (exact) mass is 240 g/mol. The van der Waals surface area contributed by atoms with Crippen LogP contribution in [0, 0.1) is 0 Å². The van der Waals surface area contributed by atoms with Gasteiger partial charge in [0.2, 0.25) is 0 Å². The SMILES string of the molecule is c1cnc2[nH]cnc2n1.c1ncc2[nH]cnc2n1. The molecule has 4 aromatic heterocycles. The van der Waals surface area contributed by atoms with Gasteiger partial charge in [0, 0.05) is 12.4 Å². The van der Waals surface area contributed by atoms with Crippen molar-refractivity contribution in [2.75, 3.05) is 0 Å². The van der Waals surface area contributed by atoms with Crippen molar-refractivity contribution in [1.82, 2.24) is 39.9 Å². The van der Waals surface area contributed by atoms with Gasteiger partial charge in [0.15, 0.2) is 16.9 Å². The molecule has 4 aromatic rings. The number of nitrogens with one attached hydrogen (secondary N) is 2. The molecule has 4 rings (SSSR count). The summed E-state index contributed by atoms with van der Waals surface area (Å²) in [6.45, 7) is 0. The van der Waals surface area contributed by atoms with Gasteiger partial charge >= 0.3 is 0 Å². The second-order valence-corrected chi connectivity index (χ2v) is 3.29. The topological polar surface area (TPSA) is 109 Å². The summed E-state index contributed by atoms with van der Waals surface area (Å²) >= 11 is 0. The third-order valence-corrected chi connectivity index (χ3v) is 2.17. The third-order valence-electron chi connectivity index (χ3n) is 2.17. The highest BCUT2D eigenvalue weighted by molar-refractivity contribution is 5.67. The summed E-state index contributed by atoms with van der Waals surface area (Å²) in [4.78, 5) is 29.1. The number of fused-ring (bicyclic) bond motifs is 2. The Hall–Kier alpha value is -2.90. The van der Waals surface area contributed by atoms with Gasteiger partial charge in [-0.25, -0.2) is 29.9 Å². The van der Waals surface area contributed by atoms with Crippen molar-refractivity contribution in [2.24, 2.45) is 0 Å². The second kappa shape index (κ2) is 4.53. The first-order valence-corrected chi connectivity index (χ1v) is 5.12. The molecule has 0 aromatic carbocycles. The molecule has 0 spiro atoms. The molecule has 0 aliphatic rings. The summed E-state index contributed by atoms with van der Waals surface area (Å²) in [6.07, 6.45) is 9.58. The molecule has 0 aliphatic heterocycles. The van der Waals surface area contributed by atoms with Crippen molar-refractivity contribution in [2.45, 2.75) is 0 Å². The number of H-pyrrole nitrogens is 2. The van der Waals surface area contributed by atoms with Crippen LogP contribution in [0.5, 0.6) is 0 Å². The number of nitrogens with zero attached hydrogens (tertiary/aromatic N) is 6. The van der Waals surface area contributed by atoms with E-state index in [1.54, 1.807) is 31.2 Å². The van der Waals surface area contributed by atoms with Gasteiger partial charge < -0.3 is 9.97 Å². The summed E-state index contributed by atoms with van der Waals surface area (Å²) in [7, 11) is 0. The van der Waals surface area contributed by atoms with Crippen LogP contribution in [0.4, 0.5) is 0 Å². The summed E-state index contributed by atoms with van der Waals surface area (Å²) < 4.78 is 0. The van der Waals surface area contributed by atoms with Gasteiger partial charge in [-0.15, -0.1) is 0 Å². The van der Waals surface area contributed by atoms with Crippen LogP contribution in [-0.4, -0.2) is 39.9 Å². The summed E-state index contributed by atoms with van der Waals surface area (Å²) in [5.74, 6) is 0. The zero-order valence-electron chi connectivity index (χ0n) is 9.15. The van der Waals surface area contributed by atoms with Gasteiger partial charge in [0.1, 0.15) is 11.8 Å². The van der Waals surface area contributed by atoms with Crippen LogP contribution >= 0.6 is 0 Å². The van der Waals surface area contributed by atoms with E-state index in [2.05, 4.69) is 39.9 Å². The van der Waals surface area contributed by atoms with Gasteiger partial charge in [-0.2, -0.15) is 0 Å². The largest absolute Gasteiger partial charge is 0.342 e. The van der Waals surface area contributed by atoms with Crippen LogP contribution in [0.15, 0.2) is 37.6 Å². The minimum absolute atomic E-state index is 0.664. The Labute approximate surface area is 101 Å². The summed E-state index contributed by atoms with van der Waals surface area (Å²) in [6, 6.07) is 0. The van der Waals surface area contributed by atoms with Crippen LogP contribution in [0.3, 0.4) is 0 Å². The van der Waals surface area contributed by atoms with Gasteiger partial charge in [0.25, 0.3) is 0 Å². The van der Waals surface area contributed by atoms with Crippen LogP contribution < -0.4 is 0 Å². The number of aromatic amines is 2. The normalized spacial score (nSPS) is 10.2. The lowest BCUT2D eigenvalue weighted by molar-refractivity contribution is 1.20. The van der Waals surface area contributed by atoms with E-state index >= 15 is 0 Å². The van der Waals surface area contributed by atoms with E-state index in [-0.39, 0.29) is 0 Å². The fourth-order valence-electron chi connectivity index (χ4n) is 1.37. The number of rotatable bonds is 0. The first-order chi connectivity index (χ1) is 8.93. The Kier molecular flexibility index (Phi) is 2.59. The standard InChI is InChI=1S/2C5H4N4/c1-4-5(8-2-6-1)9-3-7-4;1-2-7-5-4(6-1)8-3-9-5/h2*1-3H,(H,6,7,8,9). The fraction of sp³-hybridized carbons (Fsp3) is 0. The Morgan fingerprint density at radius 3 is 2.50 bits per heavy atom. The predicted octanol–water partition coefficient (Wildman–Crippen LogP) is 0.706. The van der Waals surface area contributed by atoms with Gasteiger partial charge in [0.05, 0.1) is 18.9 Å². The zero-order chi connectivity index (χ0) is 12.2. The lowest BCUT2D eigenvalue weighted by Crippen LogP contribution is -1.77. The highest BCUT2D eigenvalue weighted by Crippen LogP contribution is 1.99. The summed E-state index contributed by atoms with van der Waals surface area (Å²) in [5, 5.41) is 0. The average Bonchev–Trinajstić information content (AvgIpc) is 3.08. The van der Waals surface area contributed by atoms with E-state index in [4.69, 9.17) is 0 Å². The van der Waals surface area contributed by atoms with Gasteiger partial charge in [-0.1, -0.05) is 0 Å². The van der Waals surface area contributed by atoms with E-state index in [0.29, 0.717) is 11.3 Å². The van der Waals surface area contributed by atoms with E-state index < -0.39 is 0 Å². The Morgan fingerprint density at radius 2 is 1.61 bits per heavy atom. The molecule has 18 heavy (non-hydrogen) atoms. The maximum Gasteiger partial charge on any atom is 0.197 e. The van der Waals surface area contributed by atoms with Crippen molar-refractivity contribution >= 4 is 22.5 Å². The lowest BCUT2D eigenvalue weighted by Gasteiger charge is -1.80. The second-order valence-electron chi connectivity index (χ2n) is 3.29. The zero-order valence-corrected chi connectivity index (χ0v) is 9.15. The number of hydrogen-bond donors (Lipinski definition) is 2. The molecular weight excluding hydrogens is 232 g/mol. The molecule has 4 heterocycles. The van der Waals surface area contributed by atoms with Crippen LogP contribution in [0.1, 0.15) is 0 Å². The fourth-order valence-corrected chi connectivity index (χ4v) is 1.37. The summed E-state index contributed by atoms with van der Waals surface area (Å²) in [5.41, 5.74) is 2.98. The van der Waals surface area contributed by atoms with Crippen molar-refractivity contribution in [3.63, 3.8) is 0 Å². The smallest absolute Gasteiger partial charge is 0.197 e. The van der Waals surface area contributed by atoms with E-state index in [0.717, 1.165) is 11.2 Å². The predicted molar refractivity (Wildman–Crippen MR) is 63.4 cm³/mol. The number of hydrogen-bond acceptors (Lipinski definition) is 6. The van der Waals surface area contributed by atoms with Crippen LogP contribution in [0.2, 0.25) is 0 Å². The molecule has 0 atom stereocenters. The quantitative estimate of drug-likeness (QED) is 0.468. The minimum Gasteiger partial charge on any atom is -0.342 e. The van der Waals surface area contributed by atoms with Crippen molar-refractivity contribution in [3.05, 3.63) is 37.6 Å². The maximum absolute atomic E-state index is 3.96. The van der Waals surface area contributed by atoms with Crippen molar-refractivity contribution < 1.29 is 0 Å². The molecule has 8 heteroatoms. The molecule has 8 nitrogen and oxygen atoms in total. The lowest BCUT2D eigenvalue weighted by atomic mass is 10.6. The highest BCUT2D eigenvalue weighted by Gasteiger charge is 1.92. The van der Waals surface area contributed by atoms with E-state index in [1.165, 1.54) is 6.33 Å². The van der Waals surface area contributed by atoms with E-state index in [1.807, 2.05) is 0 Å². The van der Waals surface area contributed by atoms with Crippen LogP contribution in [-0.2, 0) is 0 Å². The molecule has 0 fully saturated rings. The van der Waals surface area contributed by atoms with Crippen molar-refractivity contribution in [1.29, 1.82) is 0 Å². The molecular formula is C10H8N8. The first kappa shape index (κ1) is 10.3. The number of aromatic nitrogens is 8. The molecule has 0 bridgehead atoms. The molecule has 0 saturated heterocycles. The molecule has 0 aliphatic carbocycles. The van der Waals surface area contributed by atoms with Gasteiger partial charge in [-0.3, -0.25) is 0 Å². The van der Waals surface area contributed by atoms with Crippen molar-refractivity contribution in [3.8, 4) is 0 Å². The third kappa shape index (κ3) is 1.98. The Morgan fingerprint density at radius 1 is 0.778 bits per heavy atom. The molecule has 2 N–H and O–H groups in total. The number of imidazole rings is 2. The molecule has 0 amide bonds. The minimum atomic E-state index is 0.664. The molecule has 0 saturated carbocycles. The van der Waals surface area contributed by atoms with E-state index in [9.17, 15) is 0 Å². The maximum atomic E-state index is 3.96. The molecule has 0 unspecified atom stereocenters. The molecule has 0 radical (unpaired) electrons. The van der Waals surface area contributed by atoms with Gasteiger partial charge in [-0.05, 0) is 0 Å². The highest BCUT2D eigenvalue weighted by atomic mass is 15.0. The Bertz CT molecular complexity index is 632. The molecule has 88 valence electrons. The average molecular weight is 240 g/mol. The Balaban J connectivity index is 0.000000111. The first-order valence-electron chi connectivity index (χ1n) is 5.12.